The normalized spacial score (nSPS) is 14.8. The Balaban J connectivity index is 1.90. The monoisotopic (exact) mass is 525 g/mol. The lowest BCUT2D eigenvalue weighted by Crippen LogP contribution is -2.36. The van der Waals surface area contributed by atoms with Gasteiger partial charge in [0.05, 0.1) is 22.9 Å². The minimum absolute atomic E-state index is 0.0925. The van der Waals surface area contributed by atoms with E-state index in [1.165, 1.54) is 25.1 Å². The Bertz CT molecular complexity index is 1280. The number of carbonyl (C=O) groups excluding carboxylic acids is 4. The van der Waals surface area contributed by atoms with Gasteiger partial charge in [0.15, 0.2) is 0 Å². The lowest BCUT2D eigenvalue weighted by Gasteiger charge is -2.18. The number of hydrogen-bond acceptors (Lipinski definition) is 6. The molecular formula is C28H36FN5O4. The van der Waals surface area contributed by atoms with Crippen LogP contribution in [-0.2, 0) is 14.4 Å². The maximum atomic E-state index is 14.2. The first-order valence-electron chi connectivity index (χ1n) is 12.8. The van der Waals surface area contributed by atoms with Crippen LogP contribution in [0.5, 0.6) is 0 Å². The molecule has 0 unspecified atom stereocenters. The van der Waals surface area contributed by atoms with Crippen LogP contribution in [0.3, 0.4) is 0 Å². The molecule has 1 aromatic carbocycles. The number of ketones is 1. The molecule has 2 heterocycles. The molecule has 1 atom stereocenters. The Morgan fingerprint density at radius 1 is 1.21 bits per heavy atom. The number of hydrogen-bond donors (Lipinski definition) is 3. The smallest absolute Gasteiger partial charge is 0.265 e. The second-order valence-corrected chi connectivity index (χ2v) is 9.46. The summed E-state index contributed by atoms with van der Waals surface area (Å²) >= 11 is 0. The van der Waals surface area contributed by atoms with Crippen LogP contribution in [0.4, 0.5) is 10.1 Å². The number of nitrogens with one attached hydrogen (secondary N) is 2. The fourth-order valence-corrected chi connectivity index (χ4v) is 4.60. The van der Waals surface area contributed by atoms with Gasteiger partial charge in [-0.25, -0.2) is 9.29 Å². The van der Waals surface area contributed by atoms with Crippen molar-refractivity contribution in [3.05, 3.63) is 52.1 Å². The van der Waals surface area contributed by atoms with Crippen LogP contribution in [0.15, 0.2) is 18.2 Å². The Morgan fingerprint density at radius 3 is 2.53 bits per heavy atom. The summed E-state index contributed by atoms with van der Waals surface area (Å²) in [5, 5.41) is 2.95. The Hall–Kier alpha value is -3.63. The van der Waals surface area contributed by atoms with Crippen LogP contribution in [0, 0.1) is 19.7 Å². The maximum absolute atomic E-state index is 14.2. The minimum atomic E-state index is -0.805. The van der Waals surface area contributed by atoms with Crippen molar-refractivity contribution in [1.82, 2.24) is 15.2 Å². The van der Waals surface area contributed by atoms with Crippen molar-refractivity contribution in [3.63, 3.8) is 0 Å². The van der Waals surface area contributed by atoms with Crippen molar-refractivity contribution in [1.29, 1.82) is 0 Å². The van der Waals surface area contributed by atoms with Crippen molar-refractivity contribution >= 4 is 40.8 Å². The predicted octanol–water partition coefficient (Wildman–Crippen LogP) is 2.95. The second-order valence-electron chi connectivity index (χ2n) is 9.46. The van der Waals surface area contributed by atoms with Crippen LogP contribution in [-0.4, -0.2) is 65.6 Å². The van der Waals surface area contributed by atoms with E-state index in [-0.39, 0.29) is 41.4 Å². The zero-order chi connectivity index (χ0) is 28.1. The molecule has 0 bridgehead atoms. The van der Waals surface area contributed by atoms with E-state index in [1.54, 1.807) is 19.9 Å². The highest BCUT2D eigenvalue weighted by atomic mass is 19.1. The number of amides is 3. The number of aromatic nitrogens is 1. The van der Waals surface area contributed by atoms with Gasteiger partial charge in [-0.1, -0.05) is 13.8 Å². The highest BCUT2D eigenvalue weighted by molar-refractivity contribution is 6.42. The molecule has 4 N–H and O–H groups in total. The maximum Gasteiger partial charge on any atom is 0.265 e. The molecule has 0 radical (unpaired) electrons. The zero-order valence-electron chi connectivity index (χ0n) is 22.6. The van der Waals surface area contributed by atoms with Crippen molar-refractivity contribution in [2.24, 2.45) is 5.73 Å². The number of nitrogens with two attached hydrogens (primary N) is 1. The van der Waals surface area contributed by atoms with Gasteiger partial charge in [-0.15, -0.1) is 0 Å². The molecular weight excluding hydrogens is 489 g/mol. The summed E-state index contributed by atoms with van der Waals surface area (Å²) in [6.07, 6.45) is 1.52. The number of H-pyrrole nitrogens is 1. The molecule has 3 rings (SSSR count). The first kappa shape index (κ1) is 28.9. The summed E-state index contributed by atoms with van der Waals surface area (Å²) in [4.78, 5) is 57.2. The van der Waals surface area contributed by atoms with Crippen molar-refractivity contribution in [3.8, 4) is 0 Å². The number of aryl methyl sites for hydroxylation is 1. The number of halogens is 1. The Labute approximate surface area is 222 Å². The van der Waals surface area contributed by atoms with E-state index in [4.69, 9.17) is 5.73 Å². The molecule has 38 heavy (non-hydrogen) atoms. The van der Waals surface area contributed by atoms with Crippen LogP contribution < -0.4 is 16.0 Å². The molecule has 0 saturated heterocycles. The van der Waals surface area contributed by atoms with Gasteiger partial charge < -0.3 is 20.9 Å². The highest BCUT2D eigenvalue weighted by Gasteiger charge is 2.37. The van der Waals surface area contributed by atoms with Crippen molar-refractivity contribution in [2.75, 3.05) is 31.1 Å². The van der Waals surface area contributed by atoms with E-state index < -0.39 is 23.7 Å². The Kier molecular flexibility index (Phi) is 9.35. The molecule has 1 aliphatic heterocycles. The van der Waals surface area contributed by atoms with E-state index in [1.807, 2.05) is 0 Å². The van der Waals surface area contributed by atoms with E-state index in [2.05, 4.69) is 29.0 Å². The number of likely N-dealkylation sites (N-methyl/N-ethyl adjacent to an activating group) is 1. The van der Waals surface area contributed by atoms with E-state index in [0.29, 0.717) is 29.1 Å². The highest BCUT2D eigenvalue weighted by Crippen LogP contribution is 2.39. The van der Waals surface area contributed by atoms with E-state index in [0.717, 1.165) is 24.5 Å². The van der Waals surface area contributed by atoms with Crippen molar-refractivity contribution < 1.29 is 23.6 Å². The zero-order valence-corrected chi connectivity index (χ0v) is 22.6. The quantitative estimate of drug-likeness (QED) is 0.387. The van der Waals surface area contributed by atoms with Gasteiger partial charge in [0.2, 0.25) is 5.91 Å². The van der Waals surface area contributed by atoms with Crippen LogP contribution >= 0.6 is 0 Å². The summed E-state index contributed by atoms with van der Waals surface area (Å²) in [6, 6.07) is 2.97. The number of imide groups is 1. The molecule has 0 spiro atoms. The average molecular weight is 526 g/mol. The summed E-state index contributed by atoms with van der Waals surface area (Å²) < 4.78 is 14.2. The number of benzene rings is 1. The fraction of sp³-hybridized carbons (Fsp3) is 0.429. The van der Waals surface area contributed by atoms with Gasteiger partial charge in [-0.2, -0.15) is 0 Å². The van der Waals surface area contributed by atoms with E-state index >= 15 is 0 Å². The first-order valence-corrected chi connectivity index (χ1v) is 12.8. The number of carbonyl (C=O) groups is 4. The second kappa shape index (κ2) is 12.3. The largest absolute Gasteiger partial charge is 0.358 e. The van der Waals surface area contributed by atoms with Gasteiger partial charge >= 0.3 is 0 Å². The van der Waals surface area contributed by atoms with Crippen LogP contribution in [0.1, 0.15) is 66.5 Å². The summed E-state index contributed by atoms with van der Waals surface area (Å²) in [5.74, 6) is -2.17. The van der Waals surface area contributed by atoms with Gasteiger partial charge in [-0.3, -0.25) is 19.2 Å². The molecule has 0 aliphatic carbocycles. The summed E-state index contributed by atoms with van der Waals surface area (Å²) in [5.41, 5.74) is 8.68. The molecule has 0 saturated carbocycles. The number of aromatic amines is 1. The molecule has 0 fully saturated rings. The fourth-order valence-electron chi connectivity index (χ4n) is 4.60. The molecule has 1 aliphatic rings. The van der Waals surface area contributed by atoms with Gasteiger partial charge in [0, 0.05) is 36.5 Å². The third kappa shape index (κ3) is 6.08. The number of anilines is 1. The lowest BCUT2D eigenvalue weighted by atomic mass is 10.0. The molecule has 204 valence electrons. The van der Waals surface area contributed by atoms with Gasteiger partial charge in [0.1, 0.15) is 11.6 Å². The first-order chi connectivity index (χ1) is 18.0. The standard InChI is InChI=1S/C28H36FN5O4/c1-6-33(7-2)13-12-31-27(37)26-16(3)23(32-17(26)4)15-21-20-14-19(29)8-10-24(20)34(28(21)38)25(36)11-9-22(30)18(5)35/h8,10,14-15,22,32H,6-7,9,11-13,30H2,1-5H3,(H,31,37)/b21-15-/t22-/m0/s1. The van der Waals surface area contributed by atoms with Gasteiger partial charge in [0.25, 0.3) is 11.8 Å². The van der Waals surface area contributed by atoms with Crippen LogP contribution in [0.25, 0.3) is 11.6 Å². The molecule has 9 nitrogen and oxygen atoms in total. The molecule has 2 aromatic rings. The number of Topliss-reactive ketones (excluding diaryl/α,β-unsaturated/α-hetero) is 1. The van der Waals surface area contributed by atoms with Gasteiger partial charge in [-0.05, 0) is 70.1 Å². The summed E-state index contributed by atoms with van der Waals surface area (Å²) in [6.45, 7) is 12.0. The number of rotatable bonds is 11. The topological polar surface area (TPSA) is 129 Å². The van der Waals surface area contributed by atoms with E-state index in [9.17, 15) is 23.6 Å². The Morgan fingerprint density at radius 2 is 1.89 bits per heavy atom. The average Bonchev–Trinajstić information content (AvgIpc) is 3.31. The molecule has 3 amide bonds. The van der Waals surface area contributed by atoms with Crippen molar-refractivity contribution in [2.45, 2.75) is 53.5 Å². The SMILES string of the molecule is CCN(CC)CCNC(=O)c1c(C)[nH]c(/C=C2\C(=O)N(C(=O)CC[C@H](N)C(C)=O)c3ccc(F)cc32)c1C. The minimum Gasteiger partial charge on any atom is -0.358 e. The predicted molar refractivity (Wildman–Crippen MR) is 145 cm³/mol. The number of nitrogens with zero attached hydrogens (tertiary/aromatic N) is 2. The number of fused-ring (bicyclic) bond motifs is 1. The van der Waals surface area contributed by atoms with Crippen LogP contribution in [0.2, 0.25) is 0 Å². The third-order valence-electron chi connectivity index (χ3n) is 6.96. The lowest BCUT2D eigenvalue weighted by molar-refractivity contribution is -0.123. The third-order valence-corrected chi connectivity index (χ3v) is 6.96. The summed E-state index contributed by atoms with van der Waals surface area (Å²) in [7, 11) is 0. The molecule has 1 aromatic heterocycles. The molecule has 10 heteroatoms.